The molecule has 0 aromatic rings. The third kappa shape index (κ3) is 3.33. The Morgan fingerprint density at radius 3 is 2.17 bits per heavy atom. The summed E-state index contributed by atoms with van der Waals surface area (Å²) in [4.78, 5) is 13.6. The third-order valence-corrected chi connectivity index (χ3v) is 4.65. The smallest absolute Gasteiger partial charge is 0.317 e. The predicted octanol–water partition coefficient (Wildman–Crippen LogP) is -0.540. The van der Waals surface area contributed by atoms with Gasteiger partial charge in [-0.3, -0.25) is 0 Å². The molecule has 2 aliphatic rings. The normalized spacial score (nSPS) is 23.3. The van der Waals surface area contributed by atoms with Crippen LogP contribution in [-0.2, 0) is 10.2 Å². The Morgan fingerprint density at radius 1 is 1.11 bits per heavy atom. The topological polar surface area (TPSA) is 95.7 Å². The summed E-state index contributed by atoms with van der Waals surface area (Å²) in [7, 11) is -3.62. The maximum Gasteiger partial charge on any atom is 0.317 e. The van der Waals surface area contributed by atoms with Crippen LogP contribution in [0.3, 0.4) is 0 Å². The van der Waals surface area contributed by atoms with E-state index in [1.807, 2.05) is 0 Å². The molecule has 1 aliphatic carbocycles. The van der Waals surface area contributed by atoms with Gasteiger partial charge in [-0.2, -0.15) is 12.7 Å². The van der Waals surface area contributed by atoms with Crippen LogP contribution in [0.1, 0.15) is 25.7 Å². The van der Waals surface area contributed by atoms with E-state index < -0.39 is 10.2 Å². The minimum Gasteiger partial charge on any atom is -0.335 e. The van der Waals surface area contributed by atoms with Gasteiger partial charge >= 0.3 is 6.03 Å². The lowest BCUT2D eigenvalue weighted by molar-refractivity contribution is 0.169. The van der Waals surface area contributed by atoms with Crippen LogP contribution >= 0.6 is 0 Å². The first-order valence-electron chi connectivity index (χ1n) is 6.30. The van der Waals surface area contributed by atoms with Gasteiger partial charge in [-0.05, 0) is 12.8 Å². The van der Waals surface area contributed by atoms with Crippen LogP contribution in [0.2, 0.25) is 0 Å². The molecule has 0 aromatic heterocycles. The van der Waals surface area contributed by atoms with E-state index in [1.165, 1.54) is 17.1 Å². The molecule has 0 spiro atoms. The Hall–Kier alpha value is -0.860. The molecule has 2 amide bonds. The van der Waals surface area contributed by atoms with Crippen molar-refractivity contribution in [1.82, 2.24) is 14.5 Å². The van der Waals surface area contributed by atoms with Gasteiger partial charge in [-0.15, -0.1) is 0 Å². The molecule has 1 aliphatic heterocycles. The first kappa shape index (κ1) is 13.6. The summed E-state index contributed by atoms with van der Waals surface area (Å²) in [5.41, 5.74) is 0. The average Bonchev–Trinajstić information content (AvgIpc) is 2.81. The highest BCUT2D eigenvalue weighted by molar-refractivity contribution is 7.86. The number of amides is 2. The van der Waals surface area contributed by atoms with Gasteiger partial charge in [-0.25, -0.2) is 9.93 Å². The van der Waals surface area contributed by atoms with Crippen molar-refractivity contribution in [3.63, 3.8) is 0 Å². The molecule has 8 heteroatoms. The lowest BCUT2D eigenvalue weighted by Gasteiger charge is -2.33. The lowest BCUT2D eigenvalue weighted by Crippen LogP contribution is -2.55. The van der Waals surface area contributed by atoms with Crippen LogP contribution in [-0.4, -0.2) is 55.9 Å². The Balaban J connectivity index is 1.80. The molecule has 0 bridgehead atoms. The van der Waals surface area contributed by atoms with Crippen molar-refractivity contribution in [2.75, 3.05) is 26.2 Å². The number of hydrogen-bond donors (Lipinski definition) is 2. The van der Waals surface area contributed by atoms with Crippen molar-refractivity contribution in [3.05, 3.63) is 0 Å². The van der Waals surface area contributed by atoms with Gasteiger partial charge in [0.15, 0.2) is 0 Å². The number of urea groups is 1. The molecule has 7 nitrogen and oxygen atoms in total. The quantitative estimate of drug-likeness (QED) is 0.709. The molecule has 0 atom stereocenters. The van der Waals surface area contributed by atoms with E-state index >= 15 is 0 Å². The van der Waals surface area contributed by atoms with Crippen molar-refractivity contribution in [1.29, 1.82) is 0 Å². The summed E-state index contributed by atoms with van der Waals surface area (Å²) in [5.74, 6) is 0. The zero-order chi connectivity index (χ0) is 13.2. The lowest BCUT2D eigenvalue weighted by atomic mass is 10.2. The second-order valence-corrected chi connectivity index (χ2v) is 6.41. The van der Waals surface area contributed by atoms with Crippen LogP contribution in [0.25, 0.3) is 0 Å². The summed E-state index contributed by atoms with van der Waals surface area (Å²) >= 11 is 0. The highest BCUT2D eigenvalue weighted by atomic mass is 32.2. The monoisotopic (exact) mass is 276 g/mol. The number of hydrogen-bond acceptors (Lipinski definition) is 3. The largest absolute Gasteiger partial charge is 0.335 e. The summed E-state index contributed by atoms with van der Waals surface area (Å²) < 4.78 is 23.5. The van der Waals surface area contributed by atoms with E-state index in [0.717, 1.165) is 12.8 Å². The summed E-state index contributed by atoms with van der Waals surface area (Å²) in [5, 5.41) is 8.03. The maximum atomic E-state index is 11.9. The minimum absolute atomic E-state index is 0.0871. The Kier molecular flexibility index (Phi) is 4.08. The molecule has 104 valence electrons. The molecule has 3 N–H and O–H groups in total. The van der Waals surface area contributed by atoms with Crippen LogP contribution in [0.15, 0.2) is 0 Å². The fourth-order valence-electron chi connectivity index (χ4n) is 2.48. The maximum absolute atomic E-state index is 11.9. The Bertz CT molecular complexity index is 397. The van der Waals surface area contributed by atoms with Gasteiger partial charge in [0.1, 0.15) is 0 Å². The van der Waals surface area contributed by atoms with Crippen molar-refractivity contribution < 1.29 is 13.2 Å². The first-order chi connectivity index (χ1) is 8.47. The van der Waals surface area contributed by atoms with E-state index in [0.29, 0.717) is 13.1 Å². The van der Waals surface area contributed by atoms with Gasteiger partial charge < -0.3 is 10.2 Å². The number of nitrogens with one attached hydrogen (secondary N) is 1. The number of nitrogens with two attached hydrogens (primary N) is 1. The van der Waals surface area contributed by atoms with Crippen molar-refractivity contribution in [2.45, 2.75) is 31.7 Å². The van der Waals surface area contributed by atoms with E-state index in [1.54, 1.807) is 4.90 Å². The second-order valence-electron chi connectivity index (χ2n) is 4.86. The standard InChI is InChI=1S/C10H20N4O3S/c11-18(16,17)14-7-5-13(6-8-14)10(15)12-9-3-1-2-4-9/h9H,1-8H2,(H,12,15)(H2,11,16,17). The molecule has 18 heavy (non-hydrogen) atoms. The van der Waals surface area contributed by atoms with E-state index in [4.69, 9.17) is 5.14 Å². The molecule has 1 saturated heterocycles. The summed E-state index contributed by atoms with van der Waals surface area (Å²) in [6.07, 6.45) is 4.43. The van der Waals surface area contributed by atoms with Crippen molar-refractivity contribution in [2.24, 2.45) is 5.14 Å². The number of nitrogens with zero attached hydrogens (tertiary/aromatic N) is 2. The molecule has 2 rings (SSSR count). The van der Waals surface area contributed by atoms with Crippen LogP contribution in [0.4, 0.5) is 4.79 Å². The highest BCUT2D eigenvalue weighted by Gasteiger charge is 2.27. The number of rotatable bonds is 2. The molecule has 2 fully saturated rings. The molecule has 0 aromatic carbocycles. The van der Waals surface area contributed by atoms with Gasteiger partial charge in [-0.1, -0.05) is 12.8 Å². The second kappa shape index (κ2) is 5.41. The number of carbonyl (C=O) groups is 1. The van der Waals surface area contributed by atoms with Crippen molar-refractivity contribution in [3.8, 4) is 0 Å². The van der Waals surface area contributed by atoms with E-state index in [-0.39, 0.29) is 25.2 Å². The SMILES string of the molecule is NS(=O)(=O)N1CCN(C(=O)NC2CCCC2)CC1. The Morgan fingerprint density at radius 2 is 1.67 bits per heavy atom. The fourth-order valence-corrected chi connectivity index (χ4v) is 3.15. The summed E-state index contributed by atoms with van der Waals surface area (Å²) in [6.45, 7) is 1.35. The third-order valence-electron chi connectivity index (χ3n) is 3.57. The minimum atomic E-state index is -3.62. The molecule has 1 heterocycles. The molecular weight excluding hydrogens is 256 g/mol. The fraction of sp³-hybridized carbons (Fsp3) is 0.900. The van der Waals surface area contributed by atoms with Gasteiger partial charge in [0.05, 0.1) is 0 Å². The highest BCUT2D eigenvalue weighted by Crippen LogP contribution is 2.18. The zero-order valence-corrected chi connectivity index (χ0v) is 11.2. The van der Waals surface area contributed by atoms with Gasteiger partial charge in [0.25, 0.3) is 10.2 Å². The molecule has 0 unspecified atom stereocenters. The van der Waals surface area contributed by atoms with E-state index in [2.05, 4.69) is 5.32 Å². The van der Waals surface area contributed by atoms with Crippen LogP contribution in [0, 0.1) is 0 Å². The van der Waals surface area contributed by atoms with Crippen LogP contribution < -0.4 is 10.5 Å². The van der Waals surface area contributed by atoms with Gasteiger partial charge in [0.2, 0.25) is 0 Å². The number of piperazine rings is 1. The average molecular weight is 276 g/mol. The predicted molar refractivity (Wildman–Crippen MR) is 67.0 cm³/mol. The van der Waals surface area contributed by atoms with E-state index in [9.17, 15) is 13.2 Å². The summed E-state index contributed by atoms with van der Waals surface area (Å²) in [6, 6.07) is 0.199. The Labute approximate surface area is 107 Å². The van der Waals surface area contributed by atoms with Crippen molar-refractivity contribution >= 4 is 16.2 Å². The van der Waals surface area contributed by atoms with Gasteiger partial charge in [0, 0.05) is 32.2 Å². The first-order valence-corrected chi connectivity index (χ1v) is 7.80. The number of carbonyl (C=O) groups excluding carboxylic acids is 1. The molecule has 0 radical (unpaired) electrons. The molecule has 1 saturated carbocycles. The molecular formula is C10H20N4O3S. The van der Waals surface area contributed by atoms with Crippen LogP contribution in [0.5, 0.6) is 0 Å². The zero-order valence-electron chi connectivity index (χ0n) is 10.3.